The molecule has 38 heavy (non-hydrogen) atoms. The molecule has 7 nitrogen and oxygen atoms in total. The molecule has 0 bridgehead atoms. The summed E-state index contributed by atoms with van der Waals surface area (Å²) in [5, 5.41) is 6.41. The molecule has 3 aromatic carbocycles. The molecule has 3 aromatic rings. The summed E-state index contributed by atoms with van der Waals surface area (Å²) in [5.74, 6) is -0.504. The highest BCUT2D eigenvalue weighted by atomic mass is 35.5. The Kier molecular flexibility index (Phi) is 13.2. The number of rotatable bonds is 3. The number of nitrogens with one attached hydrogen (secondary N) is 2. The number of nitrogens with zero attached hydrogens (tertiary/aromatic N) is 1. The second-order valence-electron chi connectivity index (χ2n) is 8.57. The van der Waals surface area contributed by atoms with Crippen LogP contribution in [0.4, 0.5) is 17.1 Å². The van der Waals surface area contributed by atoms with Crippen molar-refractivity contribution in [3.63, 3.8) is 0 Å². The highest BCUT2D eigenvalue weighted by Gasteiger charge is 2.32. The number of hydrogen-bond donors (Lipinski definition) is 2. The molecule has 0 saturated heterocycles. The van der Waals surface area contributed by atoms with Gasteiger partial charge in [0, 0.05) is 22.8 Å². The van der Waals surface area contributed by atoms with Gasteiger partial charge in [-0.05, 0) is 74.7 Å². The summed E-state index contributed by atoms with van der Waals surface area (Å²) in [6.45, 7) is 12.6. The Morgan fingerprint density at radius 1 is 0.921 bits per heavy atom. The number of aryl methyl sites for hydroxylation is 3. The molecule has 4 rings (SSSR count). The molecule has 0 saturated carbocycles. The number of fused-ring (bicyclic) bond motifs is 1. The minimum Gasteiger partial charge on any atom is -0.361 e. The number of halogens is 2. The number of amides is 2. The van der Waals surface area contributed by atoms with Crippen molar-refractivity contribution in [2.24, 2.45) is 0 Å². The van der Waals surface area contributed by atoms with Gasteiger partial charge in [0.05, 0.1) is 17.8 Å². The quantitative estimate of drug-likeness (QED) is 0.392. The Morgan fingerprint density at radius 2 is 1.45 bits per heavy atom. The number of para-hydroxylation sites is 2. The number of hydrogen-bond acceptors (Lipinski definition) is 5. The summed E-state index contributed by atoms with van der Waals surface area (Å²) in [4.78, 5) is 42.4. The topological polar surface area (TPSA) is 95.6 Å². The fourth-order valence-electron chi connectivity index (χ4n) is 3.94. The predicted molar refractivity (Wildman–Crippen MR) is 157 cm³/mol. The summed E-state index contributed by atoms with van der Waals surface area (Å²) < 4.78 is 0. The smallest absolute Gasteiger partial charge is 0.247 e. The third kappa shape index (κ3) is 9.01. The fraction of sp³-hybridized carbons (Fsp3) is 0.241. The van der Waals surface area contributed by atoms with E-state index in [4.69, 9.17) is 32.8 Å². The Balaban J connectivity index is 0.000000431. The minimum absolute atomic E-state index is 0.0147. The maximum Gasteiger partial charge on any atom is 0.247 e. The van der Waals surface area contributed by atoms with Crippen LogP contribution >= 0.6 is 23.2 Å². The van der Waals surface area contributed by atoms with Gasteiger partial charge in [-0.25, -0.2) is 0 Å². The lowest BCUT2D eigenvalue weighted by Gasteiger charge is -2.34. The lowest BCUT2D eigenvalue weighted by atomic mass is 10.0. The molecule has 1 heterocycles. The van der Waals surface area contributed by atoms with Crippen molar-refractivity contribution < 1.29 is 19.2 Å². The molecule has 9 heteroatoms. The average molecular weight is 559 g/mol. The van der Waals surface area contributed by atoms with Gasteiger partial charge in [-0.1, -0.05) is 53.0 Å². The van der Waals surface area contributed by atoms with Crippen LogP contribution in [0.1, 0.15) is 28.7 Å². The number of carbonyl (C=O) groups excluding carboxylic acids is 4. The summed E-state index contributed by atoms with van der Waals surface area (Å²) in [6.07, 6.45) is 0.0147. The van der Waals surface area contributed by atoms with Crippen LogP contribution in [-0.2, 0) is 19.2 Å². The molecule has 0 radical (unpaired) electrons. The normalized spacial score (nSPS) is 13.2. The van der Waals surface area contributed by atoms with E-state index >= 15 is 0 Å². The zero-order chi connectivity index (χ0) is 29.0. The van der Waals surface area contributed by atoms with Crippen molar-refractivity contribution in [3.8, 4) is 0 Å². The highest BCUT2D eigenvalue weighted by molar-refractivity contribution is 6.35. The van der Waals surface area contributed by atoms with Gasteiger partial charge in [-0.3, -0.25) is 9.59 Å². The number of carbonyl (C=O) groups is 4. The third-order valence-corrected chi connectivity index (χ3v) is 6.34. The van der Waals surface area contributed by atoms with Crippen LogP contribution in [0.3, 0.4) is 0 Å². The Morgan fingerprint density at radius 3 is 2.00 bits per heavy atom. The molecule has 2 N–H and O–H groups in total. The lowest BCUT2D eigenvalue weighted by Crippen LogP contribution is -2.47. The SMILES string of the molecule is C=O.C=O.CN1c2ccccc2NC(=O)C1CC(=O)Nc1cc(Cl)cc(Cl)c1.Cc1cc(C)c(C)c(C)c1. The zero-order valence-electron chi connectivity index (χ0n) is 22.2. The molecule has 0 fully saturated rings. The molecule has 1 aliphatic heterocycles. The predicted octanol–water partition coefficient (Wildman–Crippen LogP) is 6.33. The van der Waals surface area contributed by atoms with Gasteiger partial charge in [0.1, 0.15) is 19.6 Å². The van der Waals surface area contributed by atoms with E-state index in [1.807, 2.05) is 37.8 Å². The first kappa shape index (κ1) is 32.3. The van der Waals surface area contributed by atoms with Crippen LogP contribution in [0.5, 0.6) is 0 Å². The number of anilines is 3. The largest absolute Gasteiger partial charge is 0.361 e. The van der Waals surface area contributed by atoms with E-state index in [1.54, 1.807) is 30.1 Å². The monoisotopic (exact) mass is 557 g/mol. The van der Waals surface area contributed by atoms with Gasteiger partial charge in [0.2, 0.25) is 11.8 Å². The van der Waals surface area contributed by atoms with Crippen LogP contribution in [-0.4, -0.2) is 38.5 Å². The van der Waals surface area contributed by atoms with Gasteiger partial charge in [0.25, 0.3) is 0 Å². The van der Waals surface area contributed by atoms with Crippen molar-refractivity contribution >= 4 is 65.7 Å². The molecule has 1 unspecified atom stereocenters. The summed E-state index contributed by atoms with van der Waals surface area (Å²) >= 11 is 11.8. The van der Waals surface area contributed by atoms with E-state index < -0.39 is 6.04 Å². The van der Waals surface area contributed by atoms with E-state index in [0.717, 1.165) is 11.4 Å². The first-order valence-electron chi connectivity index (χ1n) is 11.6. The van der Waals surface area contributed by atoms with Crippen molar-refractivity contribution in [2.75, 3.05) is 22.6 Å². The summed E-state index contributed by atoms with van der Waals surface area (Å²) in [7, 11) is 1.80. The van der Waals surface area contributed by atoms with E-state index in [1.165, 1.54) is 22.3 Å². The standard InChI is InChI=1S/C17H15Cl2N3O2.C10H14.2CH2O/c1-22-14-5-3-2-4-13(14)21-17(24)15(22)9-16(23)20-12-7-10(18)6-11(19)8-12;1-7-5-8(2)10(4)9(3)6-7;2*1-2/h2-8,15H,9H2,1H3,(H,20,23)(H,21,24);5-6H,1-4H3;2*1H2. The molecule has 1 aliphatic rings. The van der Waals surface area contributed by atoms with E-state index in [9.17, 15) is 9.59 Å². The molecule has 1 atom stereocenters. The highest BCUT2D eigenvalue weighted by Crippen LogP contribution is 2.31. The maximum absolute atomic E-state index is 12.3. The molecule has 0 aromatic heterocycles. The Bertz CT molecular complexity index is 1220. The average Bonchev–Trinajstić information content (AvgIpc) is 2.87. The molecule has 0 spiro atoms. The van der Waals surface area contributed by atoms with Gasteiger partial charge >= 0.3 is 0 Å². The van der Waals surface area contributed by atoms with E-state index in [-0.39, 0.29) is 18.2 Å². The Hall–Kier alpha value is -3.68. The van der Waals surface area contributed by atoms with Gasteiger partial charge < -0.3 is 25.1 Å². The molecular weight excluding hydrogens is 525 g/mol. The van der Waals surface area contributed by atoms with Crippen LogP contribution in [0.15, 0.2) is 54.6 Å². The summed E-state index contributed by atoms with van der Waals surface area (Å²) in [6, 6.07) is 16.1. The fourth-order valence-corrected chi connectivity index (χ4v) is 4.47. The van der Waals surface area contributed by atoms with Gasteiger partial charge in [0.15, 0.2) is 0 Å². The first-order chi connectivity index (χ1) is 18.0. The second kappa shape index (κ2) is 15.5. The third-order valence-electron chi connectivity index (χ3n) is 5.91. The first-order valence-corrected chi connectivity index (χ1v) is 12.3. The van der Waals surface area contributed by atoms with Crippen LogP contribution < -0.4 is 15.5 Å². The van der Waals surface area contributed by atoms with Crippen LogP contribution in [0, 0.1) is 27.7 Å². The lowest BCUT2D eigenvalue weighted by molar-refractivity contribution is -0.122. The molecule has 0 aliphatic carbocycles. The Labute approximate surface area is 234 Å². The molecule has 2 amide bonds. The van der Waals surface area contributed by atoms with E-state index in [2.05, 4.69) is 50.5 Å². The number of benzene rings is 3. The van der Waals surface area contributed by atoms with Crippen LogP contribution in [0.25, 0.3) is 0 Å². The van der Waals surface area contributed by atoms with E-state index in [0.29, 0.717) is 15.7 Å². The van der Waals surface area contributed by atoms with Gasteiger partial charge in [-0.15, -0.1) is 0 Å². The van der Waals surface area contributed by atoms with Gasteiger partial charge in [-0.2, -0.15) is 0 Å². The van der Waals surface area contributed by atoms with Crippen LogP contribution in [0.2, 0.25) is 10.0 Å². The zero-order valence-corrected chi connectivity index (χ0v) is 23.7. The van der Waals surface area contributed by atoms with Crippen molar-refractivity contribution in [2.45, 2.75) is 40.2 Å². The maximum atomic E-state index is 12.3. The molecule has 202 valence electrons. The minimum atomic E-state index is -0.588. The van der Waals surface area contributed by atoms with Crippen molar-refractivity contribution in [1.82, 2.24) is 0 Å². The van der Waals surface area contributed by atoms with Crippen molar-refractivity contribution in [1.29, 1.82) is 0 Å². The second-order valence-corrected chi connectivity index (χ2v) is 9.44. The number of likely N-dealkylation sites (N-methyl/N-ethyl adjacent to an activating group) is 1. The molecular formula is C29H33Cl2N3O4. The van der Waals surface area contributed by atoms with Crippen molar-refractivity contribution in [3.05, 3.63) is 86.9 Å². The summed E-state index contributed by atoms with van der Waals surface area (Å²) in [5.41, 5.74) is 7.70.